The van der Waals surface area contributed by atoms with Gasteiger partial charge >= 0.3 is 5.91 Å². The van der Waals surface area contributed by atoms with Crippen molar-refractivity contribution in [1.29, 1.82) is 0 Å². The molecule has 2 unspecified atom stereocenters. The van der Waals surface area contributed by atoms with Crippen molar-refractivity contribution in [3.63, 3.8) is 0 Å². The van der Waals surface area contributed by atoms with Crippen LogP contribution in [0.1, 0.15) is 32.6 Å². The van der Waals surface area contributed by atoms with Crippen LogP contribution in [0.2, 0.25) is 0 Å². The maximum Gasteiger partial charge on any atom is 0.302 e. The van der Waals surface area contributed by atoms with Gasteiger partial charge in [0.1, 0.15) is 6.10 Å². The molecule has 0 bridgehead atoms. The smallest absolute Gasteiger partial charge is 0.302 e. The van der Waals surface area contributed by atoms with Crippen molar-refractivity contribution in [2.24, 2.45) is 0 Å². The van der Waals surface area contributed by atoms with E-state index in [0.29, 0.717) is 18.5 Å². The molecule has 0 radical (unpaired) electrons. The van der Waals surface area contributed by atoms with Crippen molar-refractivity contribution >= 4 is 23.3 Å². The van der Waals surface area contributed by atoms with Crippen LogP contribution in [0.15, 0.2) is 11.6 Å². The summed E-state index contributed by atoms with van der Waals surface area (Å²) in [7, 11) is 1.96. The zero-order chi connectivity index (χ0) is 13.6. The number of hydrogen-bond acceptors (Lipinski definition) is 5. The number of ether oxygens (including phenoxy) is 2. The van der Waals surface area contributed by atoms with Gasteiger partial charge in [-0.3, -0.25) is 9.69 Å². The second-order valence-corrected chi connectivity index (χ2v) is 5.52. The molecular weight excluding hydrogens is 264 g/mol. The lowest BCUT2D eigenvalue weighted by Crippen LogP contribution is -2.34. The summed E-state index contributed by atoms with van der Waals surface area (Å²) in [6, 6.07) is 0.358. The van der Waals surface area contributed by atoms with Gasteiger partial charge < -0.3 is 14.4 Å². The monoisotopic (exact) mass is 282 g/mol. The molecular formula is C13H18N2O3S. The van der Waals surface area contributed by atoms with E-state index in [1.807, 2.05) is 18.9 Å². The van der Waals surface area contributed by atoms with E-state index in [1.165, 1.54) is 17.7 Å². The van der Waals surface area contributed by atoms with Crippen LogP contribution in [-0.2, 0) is 14.3 Å². The van der Waals surface area contributed by atoms with E-state index in [-0.39, 0.29) is 22.9 Å². The van der Waals surface area contributed by atoms with Gasteiger partial charge in [-0.05, 0) is 38.4 Å². The first-order valence-electron chi connectivity index (χ1n) is 6.81. The maximum atomic E-state index is 12.2. The Morgan fingerprint density at radius 1 is 1.37 bits per heavy atom. The van der Waals surface area contributed by atoms with Crippen molar-refractivity contribution in [2.75, 3.05) is 13.6 Å². The lowest BCUT2D eigenvalue weighted by molar-refractivity contribution is -0.123. The standard InChI is InChI=1S/C13H18N2O3S/c1-3-15-11(16)10(18-13(15)19)12-14(2)8-6-4-5-7-9(8)17-12/h8-9H,3-7H2,1-2H3/b12-10-. The quantitative estimate of drug-likeness (QED) is 0.540. The Kier molecular flexibility index (Phi) is 3.12. The minimum absolute atomic E-state index is 0.182. The lowest BCUT2D eigenvalue weighted by Gasteiger charge is -2.26. The summed E-state index contributed by atoms with van der Waals surface area (Å²) in [5.74, 6) is 0.622. The number of thiocarbonyl (C=S) groups is 1. The zero-order valence-corrected chi connectivity index (χ0v) is 12.0. The van der Waals surface area contributed by atoms with Crippen LogP contribution in [0.3, 0.4) is 0 Å². The Hall–Kier alpha value is -1.30. The predicted molar refractivity (Wildman–Crippen MR) is 73.0 cm³/mol. The van der Waals surface area contributed by atoms with Gasteiger partial charge in [-0.25, -0.2) is 0 Å². The van der Waals surface area contributed by atoms with Gasteiger partial charge in [0.15, 0.2) is 0 Å². The number of fused-ring (bicyclic) bond motifs is 1. The van der Waals surface area contributed by atoms with E-state index >= 15 is 0 Å². The largest absolute Gasteiger partial charge is 0.471 e. The van der Waals surface area contributed by atoms with Crippen LogP contribution in [0.5, 0.6) is 0 Å². The Bertz CT molecular complexity index is 463. The fourth-order valence-electron chi connectivity index (χ4n) is 3.05. The van der Waals surface area contributed by atoms with Gasteiger partial charge in [0.2, 0.25) is 5.88 Å². The molecule has 0 N–H and O–H groups in total. The fraction of sp³-hybridized carbons (Fsp3) is 0.692. The van der Waals surface area contributed by atoms with Crippen molar-refractivity contribution < 1.29 is 14.3 Å². The molecule has 2 saturated heterocycles. The van der Waals surface area contributed by atoms with E-state index in [2.05, 4.69) is 0 Å². The molecule has 1 saturated carbocycles. The summed E-state index contributed by atoms with van der Waals surface area (Å²) < 4.78 is 11.4. The Morgan fingerprint density at radius 3 is 2.74 bits per heavy atom. The molecule has 2 aliphatic heterocycles. The number of likely N-dealkylation sites (N-methyl/N-ethyl adjacent to an activating group) is 2. The van der Waals surface area contributed by atoms with Crippen molar-refractivity contribution in [3.8, 4) is 0 Å². The van der Waals surface area contributed by atoms with Crippen molar-refractivity contribution in [2.45, 2.75) is 44.8 Å². The molecule has 5 nitrogen and oxygen atoms in total. The molecule has 2 atom stereocenters. The summed E-state index contributed by atoms with van der Waals surface area (Å²) in [4.78, 5) is 15.7. The molecule has 3 aliphatic rings. The molecule has 0 spiro atoms. The number of nitrogens with zero attached hydrogens (tertiary/aromatic N) is 2. The molecule has 1 aliphatic carbocycles. The van der Waals surface area contributed by atoms with E-state index in [4.69, 9.17) is 21.7 Å². The van der Waals surface area contributed by atoms with Crippen LogP contribution in [0.25, 0.3) is 0 Å². The number of rotatable bonds is 1. The number of amides is 1. The molecule has 104 valence electrons. The van der Waals surface area contributed by atoms with Crippen LogP contribution >= 0.6 is 12.2 Å². The topological polar surface area (TPSA) is 42.0 Å². The summed E-state index contributed by atoms with van der Waals surface area (Å²) in [5, 5.41) is 0.224. The molecule has 0 aromatic heterocycles. The highest BCUT2D eigenvalue weighted by Crippen LogP contribution is 2.37. The molecule has 0 aromatic carbocycles. The van der Waals surface area contributed by atoms with E-state index in [9.17, 15) is 4.79 Å². The van der Waals surface area contributed by atoms with Crippen molar-refractivity contribution in [1.82, 2.24) is 9.80 Å². The number of carbonyl (C=O) groups excluding carboxylic acids is 1. The highest BCUT2D eigenvalue weighted by Gasteiger charge is 2.45. The molecule has 3 rings (SSSR count). The van der Waals surface area contributed by atoms with Gasteiger partial charge in [0.05, 0.1) is 6.04 Å². The summed E-state index contributed by atoms with van der Waals surface area (Å²) in [6.45, 7) is 2.39. The summed E-state index contributed by atoms with van der Waals surface area (Å²) in [5.41, 5.74) is 0. The van der Waals surface area contributed by atoms with Gasteiger partial charge in [0.25, 0.3) is 10.9 Å². The fourth-order valence-corrected chi connectivity index (χ4v) is 3.34. The third-order valence-electron chi connectivity index (χ3n) is 4.11. The van der Waals surface area contributed by atoms with E-state index in [0.717, 1.165) is 12.8 Å². The minimum atomic E-state index is -0.187. The van der Waals surface area contributed by atoms with Crippen LogP contribution in [-0.4, -0.2) is 46.6 Å². The first kappa shape index (κ1) is 12.7. The highest BCUT2D eigenvalue weighted by atomic mass is 32.1. The van der Waals surface area contributed by atoms with Gasteiger partial charge in [-0.15, -0.1) is 0 Å². The van der Waals surface area contributed by atoms with Gasteiger partial charge in [0, 0.05) is 13.6 Å². The first-order valence-corrected chi connectivity index (χ1v) is 7.21. The minimum Gasteiger partial charge on any atom is -0.471 e. The predicted octanol–water partition coefficient (Wildman–Crippen LogP) is 1.59. The molecule has 19 heavy (non-hydrogen) atoms. The molecule has 0 aromatic rings. The molecule has 2 heterocycles. The van der Waals surface area contributed by atoms with E-state index < -0.39 is 0 Å². The van der Waals surface area contributed by atoms with Gasteiger partial charge in [-0.2, -0.15) is 0 Å². The van der Waals surface area contributed by atoms with Gasteiger partial charge in [-0.1, -0.05) is 6.42 Å². The normalized spacial score (nSPS) is 34.4. The lowest BCUT2D eigenvalue weighted by atomic mass is 9.93. The third kappa shape index (κ3) is 1.89. The van der Waals surface area contributed by atoms with Crippen LogP contribution in [0, 0.1) is 0 Å². The SMILES string of the molecule is CCN1C(=O)/C(=C2/OC3CCCCC3N2C)OC1=S. The Balaban J connectivity index is 1.91. The summed E-state index contributed by atoms with van der Waals surface area (Å²) >= 11 is 5.07. The van der Waals surface area contributed by atoms with Crippen LogP contribution in [0.4, 0.5) is 0 Å². The maximum absolute atomic E-state index is 12.2. The second-order valence-electron chi connectivity index (χ2n) is 5.17. The first-order chi connectivity index (χ1) is 9.13. The number of carbonyl (C=O) groups is 1. The van der Waals surface area contributed by atoms with E-state index in [1.54, 1.807) is 0 Å². The highest BCUT2D eigenvalue weighted by molar-refractivity contribution is 7.80. The average Bonchev–Trinajstić information content (AvgIpc) is 2.88. The Morgan fingerprint density at radius 2 is 2.11 bits per heavy atom. The molecule has 6 heteroatoms. The summed E-state index contributed by atoms with van der Waals surface area (Å²) in [6.07, 6.45) is 4.73. The third-order valence-corrected chi connectivity index (χ3v) is 4.41. The van der Waals surface area contributed by atoms with Crippen LogP contribution < -0.4 is 0 Å². The molecule has 1 amide bonds. The van der Waals surface area contributed by atoms with Crippen molar-refractivity contribution in [3.05, 3.63) is 11.6 Å². The number of hydrogen-bond donors (Lipinski definition) is 0. The second kappa shape index (κ2) is 4.67. The Labute approximate surface area is 118 Å². The average molecular weight is 282 g/mol. The zero-order valence-electron chi connectivity index (χ0n) is 11.2. The molecule has 3 fully saturated rings.